The molecule has 1 unspecified atom stereocenters. The van der Waals surface area contributed by atoms with Gasteiger partial charge in [0.1, 0.15) is 6.61 Å². The zero-order valence-corrected chi connectivity index (χ0v) is 10.3. The Kier molecular flexibility index (Phi) is 6.03. The molecule has 0 radical (unpaired) electrons. The molecule has 0 aromatic carbocycles. The number of nitrogens with two attached hydrogens (primary N) is 1. The molecule has 0 spiro atoms. The van der Waals surface area contributed by atoms with Gasteiger partial charge in [0.25, 0.3) is 0 Å². The number of morpholine rings is 1. The van der Waals surface area contributed by atoms with E-state index in [0.717, 1.165) is 0 Å². The molecule has 9 nitrogen and oxygen atoms in total. The van der Waals surface area contributed by atoms with Crippen molar-refractivity contribution in [1.82, 2.24) is 10.2 Å². The topological polar surface area (TPSA) is 131 Å². The number of amides is 3. The van der Waals surface area contributed by atoms with Gasteiger partial charge < -0.3 is 30.5 Å². The van der Waals surface area contributed by atoms with Crippen LogP contribution in [0.5, 0.6) is 0 Å². The van der Waals surface area contributed by atoms with E-state index in [4.69, 9.17) is 20.3 Å². The molecule has 9 heteroatoms. The second kappa shape index (κ2) is 7.54. The molecule has 1 rings (SSSR count). The van der Waals surface area contributed by atoms with Crippen molar-refractivity contribution >= 4 is 17.9 Å². The van der Waals surface area contributed by atoms with Crippen molar-refractivity contribution in [2.24, 2.45) is 5.73 Å². The van der Waals surface area contributed by atoms with Crippen molar-refractivity contribution in [3.8, 4) is 0 Å². The Bertz CT molecular complexity index is 348. The van der Waals surface area contributed by atoms with Gasteiger partial charge in [0.2, 0.25) is 5.91 Å². The average Bonchev–Trinajstić information content (AvgIpc) is 2.37. The van der Waals surface area contributed by atoms with Crippen LogP contribution < -0.4 is 11.1 Å². The lowest BCUT2D eigenvalue weighted by atomic mass is 10.2. The van der Waals surface area contributed by atoms with E-state index in [1.54, 1.807) is 0 Å². The minimum absolute atomic E-state index is 0.0269. The number of rotatable bonds is 6. The third-order valence-corrected chi connectivity index (χ3v) is 2.44. The van der Waals surface area contributed by atoms with Gasteiger partial charge in [0.05, 0.1) is 19.8 Å². The molecule has 1 saturated heterocycles. The Balaban J connectivity index is 2.30. The van der Waals surface area contributed by atoms with Gasteiger partial charge in [0.15, 0.2) is 6.04 Å². The molecule has 3 amide bonds. The van der Waals surface area contributed by atoms with Crippen molar-refractivity contribution in [2.45, 2.75) is 6.04 Å². The van der Waals surface area contributed by atoms with E-state index in [-0.39, 0.29) is 32.9 Å². The fourth-order valence-electron chi connectivity index (χ4n) is 1.56. The van der Waals surface area contributed by atoms with Crippen molar-refractivity contribution in [1.29, 1.82) is 0 Å². The fourth-order valence-corrected chi connectivity index (χ4v) is 1.56. The summed E-state index contributed by atoms with van der Waals surface area (Å²) in [6, 6.07) is -1.49. The highest BCUT2D eigenvalue weighted by Crippen LogP contribution is 2.07. The molecule has 0 saturated carbocycles. The standard InChI is InChI=1S/C10H17N3O6/c11-8(14)6-18-3-1-12-10(17)13-2-4-19-5-7(13)9(15)16/h7H,1-6H2,(H2,11,14)(H,12,17)(H,15,16). The number of hydrogen-bond acceptors (Lipinski definition) is 5. The van der Waals surface area contributed by atoms with Gasteiger partial charge in [-0.05, 0) is 0 Å². The molecule has 0 aromatic heterocycles. The molecule has 0 aliphatic carbocycles. The minimum Gasteiger partial charge on any atom is -0.480 e. The summed E-state index contributed by atoms with van der Waals surface area (Å²) in [5, 5.41) is 11.5. The largest absolute Gasteiger partial charge is 0.480 e. The van der Waals surface area contributed by atoms with Gasteiger partial charge >= 0.3 is 12.0 Å². The van der Waals surface area contributed by atoms with Crippen LogP contribution in [0.15, 0.2) is 0 Å². The van der Waals surface area contributed by atoms with Gasteiger partial charge in [-0.15, -0.1) is 0 Å². The Morgan fingerprint density at radius 2 is 2.21 bits per heavy atom. The van der Waals surface area contributed by atoms with E-state index in [0.29, 0.717) is 6.61 Å². The van der Waals surface area contributed by atoms with Gasteiger partial charge in [0, 0.05) is 13.1 Å². The van der Waals surface area contributed by atoms with Crippen molar-refractivity contribution in [2.75, 3.05) is 39.5 Å². The number of hydrogen-bond donors (Lipinski definition) is 3. The van der Waals surface area contributed by atoms with Crippen LogP contribution in [0, 0.1) is 0 Å². The van der Waals surface area contributed by atoms with Crippen molar-refractivity contribution in [3.05, 3.63) is 0 Å². The third kappa shape index (κ3) is 5.10. The smallest absolute Gasteiger partial charge is 0.328 e. The number of ether oxygens (including phenoxy) is 2. The zero-order valence-electron chi connectivity index (χ0n) is 10.3. The number of carboxylic acid groups (broad SMARTS) is 1. The first kappa shape index (κ1) is 15.2. The predicted molar refractivity (Wildman–Crippen MR) is 62.4 cm³/mol. The molecule has 1 fully saturated rings. The number of carboxylic acids is 1. The third-order valence-electron chi connectivity index (χ3n) is 2.44. The molecule has 1 atom stereocenters. The minimum atomic E-state index is -1.11. The number of nitrogens with zero attached hydrogens (tertiary/aromatic N) is 1. The Labute approximate surface area is 109 Å². The summed E-state index contributed by atoms with van der Waals surface area (Å²) in [5.41, 5.74) is 4.86. The number of nitrogens with one attached hydrogen (secondary N) is 1. The van der Waals surface area contributed by atoms with Crippen LogP contribution in [0.3, 0.4) is 0 Å². The maximum atomic E-state index is 11.8. The maximum absolute atomic E-state index is 11.8. The molecule has 1 aliphatic heterocycles. The van der Waals surface area contributed by atoms with Crippen LogP contribution in [0.25, 0.3) is 0 Å². The van der Waals surface area contributed by atoms with Crippen LogP contribution in [0.1, 0.15) is 0 Å². The number of carbonyl (C=O) groups is 3. The van der Waals surface area contributed by atoms with Crippen molar-refractivity contribution < 1.29 is 29.0 Å². The number of carbonyl (C=O) groups excluding carboxylic acids is 2. The van der Waals surface area contributed by atoms with E-state index >= 15 is 0 Å². The molecule has 4 N–H and O–H groups in total. The Morgan fingerprint density at radius 1 is 1.47 bits per heavy atom. The summed E-state index contributed by atoms with van der Waals surface area (Å²) >= 11 is 0. The molecular weight excluding hydrogens is 258 g/mol. The molecule has 1 heterocycles. The predicted octanol–water partition coefficient (Wildman–Crippen LogP) is -2.02. The molecule has 0 bridgehead atoms. The number of aliphatic carboxylic acids is 1. The molecule has 108 valence electrons. The Morgan fingerprint density at radius 3 is 2.84 bits per heavy atom. The van der Waals surface area contributed by atoms with Gasteiger partial charge in [-0.3, -0.25) is 4.79 Å². The van der Waals surface area contributed by atoms with E-state index in [2.05, 4.69) is 5.32 Å². The van der Waals surface area contributed by atoms with E-state index in [1.807, 2.05) is 0 Å². The summed E-state index contributed by atoms with van der Waals surface area (Å²) in [5.74, 6) is -1.70. The number of urea groups is 1. The second-order valence-electron chi connectivity index (χ2n) is 3.87. The van der Waals surface area contributed by atoms with E-state index in [9.17, 15) is 14.4 Å². The lowest BCUT2D eigenvalue weighted by Crippen LogP contribution is -2.56. The van der Waals surface area contributed by atoms with E-state index in [1.165, 1.54) is 4.90 Å². The number of primary amides is 1. The summed E-state index contributed by atoms with van der Waals surface area (Å²) < 4.78 is 9.87. The summed E-state index contributed by atoms with van der Waals surface area (Å²) in [6.45, 7) is 0.555. The average molecular weight is 275 g/mol. The first-order valence-corrected chi connectivity index (χ1v) is 5.73. The summed E-state index contributed by atoms with van der Waals surface area (Å²) in [7, 11) is 0. The monoisotopic (exact) mass is 275 g/mol. The van der Waals surface area contributed by atoms with Crippen LogP contribution in [0.4, 0.5) is 4.79 Å². The second-order valence-corrected chi connectivity index (χ2v) is 3.87. The summed E-state index contributed by atoms with van der Waals surface area (Å²) in [6.07, 6.45) is 0. The molecule has 1 aliphatic rings. The molecule has 0 aromatic rings. The molecular formula is C10H17N3O6. The van der Waals surface area contributed by atoms with E-state index < -0.39 is 23.9 Å². The first-order valence-electron chi connectivity index (χ1n) is 5.73. The van der Waals surface area contributed by atoms with Crippen LogP contribution in [-0.4, -0.2) is 73.5 Å². The quantitative estimate of drug-likeness (QED) is 0.480. The SMILES string of the molecule is NC(=O)COCCNC(=O)N1CCOCC1C(=O)O. The fraction of sp³-hybridized carbons (Fsp3) is 0.700. The van der Waals surface area contributed by atoms with Gasteiger partial charge in [-0.1, -0.05) is 0 Å². The highest BCUT2D eigenvalue weighted by molar-refractivity contribution is 5.83. The maximum Gasteiger partial charge on any atom is 0.328 e. The van der Waals surface area contributed by atoms with Crippen LogP contribution in [-0.2, 0) is 19.1 Å². The van der Waals surface area contributed by atoms with Gasteiger partial charge in [-0.2, -0.15) is 0 Å². The normalized spacial score (nSPS) is 18.9. The van der Waals surface area contributed by atoms with Crippen LogP contribution >= 0.6 is 0 Å². The zero-order chi connectivity index (χ0) is 14.3. The van der Waals surface area contributed by atoms with Crippen LogP contribution in [0.2, 0.25) is 0 Å². The Hall–Kier alpha value is -1.87. The van der Waals surface area contributed by atoms with Gasteiger partial charge in [-0.25, -0.2) is 9.59 Å². The lowest BCUT2D eigenvalue weighted by Gasteiger charge is -2.32. The highest BCUT2D eigenvalue weighted by Gasteiger charge is 2.32. The highest BCUT2D eigenvalue weighted by atomic mass is 16.5. The molecule has 19 heavy (non-hydrogen) atoms. The lowest BCUT2D eigenvalue weighted by molar-refractivity contribution is -0.147. The first-order chi connectivity index (χ1) is 9.02. The summed E-state index contributed by atoms with van der Waals surface area (Å²) in [4.78, 5) is 34.3. The van der Waals surface area contributed by atoms with Crippen molar-refractivity contribution in [3.63, 3.8) is 0 Å².